The summed E-state index contributed by atoms with van der Waals surface area (Å²) in [6.07, 6.45) is 1.38. The number of nitrogens with zero attached hydrogens (tertiary/aromatic N) is 1. The Labute approximate surface area is 170 Å². The SMILES string of the molecule is CC(C)(C)OC(=O)N[C@H]1CN(C(=O)CC2CCOCC2)c2ccccc2NC1=O. The molecule has 0 radical (unpaired) electrons. The molecule has 2 aliphatic rings. The van der Waals surface area contributed by atoms with Crippen LogP contribution in [0.5, 0.6) is 0 Å². The van der Waals surface area contributed by atoms with Gasteiger partial charge in [0.25, 0.3) is 0 Å². The van der Waals surface area contributed by atoms with Crippen LogP contribution in [0, 0.1) is 5.92 Å². The number of benzene rings is 1. The van der Waals surface area contributed by atoms with Crippen LogP contribution in [-0.2, 0) is 19.1 Å². The summed E-state index contributed by atoms with van der Waals surface area (Å²) in [7, 11) is 0. The second kappa shape index (κ2) is 8.82. The fourth-order valence-corrected chi connectivity index (χ4v) is 3.50. The summed E-state index contributed by atoms with van der Waals surface area (Å²) >= 11 is 0. The van der Waals surface area contributed by atoms with Gasteiger partial charge in [-0.15, -0.1) is 0 Å². The molecule has 158 valence electrons. The first-order valence-electron chi connectivity index (χ1n) is 10.0. The summed E-state index contributed by atoms with van der Waals surface area (Å²) in [6, 6.07) is 6.24. The number of fused-ring (bicyclic) bond motifs is 1. The zero-order valence-electron chi connectivity index (χ0n) is 17.2. The van der Waals surface area contributed by atoms with Crippen molar-refractivity contribution in [2.24, 2.45) is 5.92 Å². The highest BCUT2D eigenvalue weighted by atomic mass is 16.6. The van der Waals surface area contributed by atoms with Gasteiger partial charge in [0.1, 0.15) is 11.6 Å². The predicted octanol–water partition coefficient (Wildman–Crippen LogP) is 2.68. The Morgan fingerprint density at radius 2 is 1.93 bits per heavy atom. The molecule has 29 heavy (non-hydrogen) atoms. The van der Waals surface area contributed by atoms with Crippen LogP contribution in [0.2, 0.25) is 0 Å². The summed E-state index contributed by atoms with van der Waals surface area (Å²) in [5.41, 5.74) is 0.491. The molecule has 2 aliphatic heterocycles. The van der Waals surface area contributed by atoms with Gasteiger partial charge in [0.05, 0.1) is 17.9 Å². The third kappa shape index (κ3) is 5.69. The van der Waals surface area contributed by atoms with Crippen molar-refractivity contribution in [3.63, 3.8) is 0 Å². The lowest BCUT2D eigenvalue weighted by molar-refractivity contribution is -0.120. The van der Waals surface area contributed by atoms with Crippen molar-refractivity contribution >= 4 is 29.3 Å². The Morgan fingerprint density at radius 1 is 1.24 bits per heavy atom. The molecule has 0 aromatic heterocycles. The van der Waals surface area contributed by atoms with Crippen molar-refractivity contribution in [3.8, 4) is 0 Å². The number of hydrogen-bond donors (Lipinski definition) is 2. The quantitative estimate of drug-likeness (QED) is 0.809. The zero-order valence-corrected chi connectivity index (χ0v) is 17.2. The van der Waals surface area contributed by atoms with E-state index in [9.17, 15) is 14.4 Å². The van der Waals surface area contributed by atoms with Gasteiger partial charge < -0.3 is 25.0 Å². The number of para-hydroxylation sites is 2. The van der Waals surface area contributed by atoms with Crippen LogP contribution >= 0.6 is 0 Å². The summed E-state index contributed by atoms with van der Waals surface area (Å²) in [6.45, 7) is 6.62. The highest BCUT2D eigenvalue weighted by Crippen LogP contribution is 2.30. The molecular formula is C21H29N3O5. The molecule has 2 N–H and O–H groups in total. The summed E-state index contributed by atoms with van der Waals surface area (Å²) in [4.78, 5) is 39.7. The van der Waals surface area contributed by atoms with Crippen molar-refractivity contribution in [3.05, 3.63) is 24.3 Å². The van der Waals surface area contributed by atoms with Gasteiger partial charge in [-0.25, -0.2) is 4.79 Å². The van der Waals surface area contributed by atoms with Crippen molar-refractivity contribution in [1.82, 2.24) is 5.32 Å². The first-order chi connectivity index (χ1) is 13.7. The number of nitrogens with one attached hydrogen (secondary N) is 2. The van der Waals surface area contributed by atoms with Crippen LogP contribution in [0.3, 0.4) is 0 Å². The Balaban J connectivity index is 1.79. The van der Waals surface area contributed by atoms with E-state index in [0.717, 1.165) is 12.8 Å². The highest BCUT2D eigenvalue weighted by molar-refractivity contribution is 6.06. The zero-order chi connectivity index (χ0) is 21.0. The largest absolute Gasteiger partial charge is 0.444 e. The molecule has 3 rings (SSSR count). The molecule has 0 saturated carbocycles. The van der Waals surface area contributed by atoms with Gasteiger partial charge in [-0.2, -0.15) is 0 Å². The fourth-order valence-electron chi connectivity index (χ4n) is 3.50. The summed E-state index contributed by atoms with van der Waals surface area (Å²) in [5.74, 6) is -0.200. The van der Waals surface area contributed by atoms with E-state index in [1.807, 2.05) is 6.07 Å². The van der Waals surface area contributed by atoms with E-state index in [1.165, 1.54) is 0 Å². The molecule has 1 atom stereocenters. The van der Waals surface area contributed by atoms with E-state index in [-0.39, 0.29) is 24.3 Å². The van der Waals surface area contributed by atoms with Crippen LogP contribution in [0.25, 0.3) is 0 Å². The average Bonchev–Trinajstić information content (AvgIpc) is 2.78. The summed E-state index contributed by atoms with van der Waals surface area (Å²) < 4.78 is 10.7. The number of anilines is 2. The van der Waals surface area contributed by atoms with Gasteiger partial charge in [0.2, 0.25) is 11.8 Å². The van der Waals surface area contributed by atoms with Crippen LogP contribution in [0.15, 0.2) is 24.3 Å². The number of carbonyl (C=O) groups is 3. The van der Waals surface area contributed by atoms with E-state index in [0.29, 0.717) is 31.0 Å². The lowest BCUT2D eigenvalue weighted by Crippen LogP contribution is -2.51. The molecule has 8 nitrogen and oxygen atoms in total. The van der Waals surface area contributed by atoms with Crippen molar-refractivity contribution in [2.75, 3.05) is 30.0 Å². The third-order valence-corrected chi connectivity index (χ3v) is 4.93. The van der Waals surface area contributed by atoms with Gasteiger partial charge >= 0.3 is 6.09 Å². The average molecular weight is 403 g/mol. The molecule has 0 unspecified atom stereocenters. The lowest BCUT2D eigenvalue weighted by atomic mass is 9.95. The molecule has 0 bridgehead atoms. The maximum atomic E-state index is 13.2. The Bertz CT molecular complexity index is 768. The minimum absolute atomic E-state index is 0.0458. The van der Waals surface area contributed by atoms with Crippen LogP contribution in [0.4, 0.5) is 16.2 Å². The Kier molecular flexibility index (Phi) is 6.42. The van der Waals surface area contributed by atoms with Gasteiger partial charge in [0.15, 0.2) is 0 Å². The lowest BCUT2D eigenvalue weighted by Gasteiger charge is -2.28. The first kappa shape index (κ1) is 21.1. The first-order valence-corrected chi connectivity index (χ1v) is 10.0. The van der Waals surface area contributed by atoms with Gasteiger partial charge in [-0.1, -0.05) is 12.1 Å². The number of hydrogen-bond acceptors (Lipinski definition) is 5. The molecule has 0 aliphatic carbocycles. The minimum Gasteiger partial charge on any atom is -0.444 e. The van der Waals surface area contributed by atoms with Crippen LogP contribution in [-0.4, -0.2) is 49.3 Å². The molecule has 1 saturated heterocycles. The third-order valence-electron chi connectivity index (χ3n) is 4.93. The van der Waals surface area contributed by atoms with E-state index in [2.05, 4.69) is 10.6 Å². The van der Waals surface area contributed by atoms with E-state index in [1.54, 1.807) is 43.9 Å². The van der Waals surface area contributed by atoms with Gasteiger partial charge in [0, 0.05) is 19.6 Å². The molecule has 2 heterocycles. The monoisotopic (exact) mass is 403 g/mol. The fraction of sp³-hybridized carbons (Fsp3) is 0.571. The van der Waals surface area contributed by atoms with Gasteiger partial charge in [-0.05, 0) is 51.7 Å². The number of amides is 3. The van der Waals surface area contributed by atoms with Crippen molar-refractivity contribution in [1.29, 1.82) is 0 Å². The molecule has 1 fully saturated rings. The maximum absolute atomic E-state index is 13.2. The molecular weight excluding hydrogens is 374 g/mol. The predicted molar refractivity (Wildman–Crippen MR) is 109 cm³/mol. The second-order valence-electron chi connectivity index (χ2n) is 8.47. The summed E-state index contributed by atoms with van der Waals surface area (Å²) in [5, 5.41) is 5.41. The number of alkyl carbamates (subject to hydrolysis) is 1. The molecule has 8 heteroatoms. The highest BCUT2D eigenvalue weighted by Gasteiger charge is 2.34. The smallest absolute Gasteiger partial charge is 0.408 e. The standard InChI is InChI=1S/C21H29N3O5/c1-21(2,3)29-20(27)23-16-13-24(18(25)12-14-8-10-28-11-9-14)17-7-5-4-6-15(17)22-19(16)26/h4-7,14,16H,8-13H2,1-3H3,(H,22,26)(H,23,27)/t16-/m0/s1. The topological polar surface area (TPSA) is 97.0 Å². The molecule has 1 aromatic carbocycles. The van der Waals surface area contributed by atoms with Crippen molar-refractivity contribution < 1.29 is 23.9 Å². The van der Waals surface area contributed by atoms with Crippen molar-refractivity contribution in [2.45, 2.75) is 51.7 Å². The Morgan fingerprint density at radius 3 is 2.62 bits per heavy atom. The minimum atomic E-state index is -0.920. The van der Waals surface area contributed by atoms with E-state index < -0.39 is 17.7 Å². The maximum Gasteiger partial charge on any atom is 0.408 e. The van der Waals surface area contributed by atoms with Gasteiger partial charge in [-0.3, -0.25) is 9.59 Å². The number of ether oxygens (including phenoxy) is 2. The molecule has 0 spiro atoms. The number of carbonyl (C=O) groups excluding carboxylic acids is 3. The Hall–Kier alpha value is -2.61. The normalized spacial score (nSPS) is 20.3. The number of rotatable bonds is 3. The molecule has 1 aromatic rings. The molecule has 3 amide bonds. The van der Waals surface area contributed by atoms with E-state index >= 15 is 0 Å². The van der Waals surface area contributed by atoms with Crippen LogP contribution < -0.4 is 15.5 Å². The van der Waals surface area contributed by atoms with E-state index in [4.69, 9.17) is 9.47 Å². The van der Waals surface area contributed by atoms with Crippen LogP contribution in [0.1, 0.15) is 40.0 Å². The second-order valence-corrected chi connectivity index (χ2v) is 8.47.